The predicted octanol–water partition coefficient (Wildman–Crippen LogP) is 3.68. The Morgan fingerprint density at radius 3 is 2.58 bits per heavy atom. The fourth-order valence-electron chi connectivity index (χ4n) is 3.30. The summed E-state index contributed by atoms with van der Waals surface area (Å²) in [6, 6.07) is 5.38. The van der Waals surface area contributed by atoms with E-state index in [9.17, 15) is 18.3 Å². The average molecular weight is 366 g/mol. The van der Waals surface area contributed by atoms with Gasteiger partial charge in [0.1, 0.15) is 11.6 Å². The third-order valence-electron chi connectivity index (χ3n) is 4.54. The number of aromatic nitrogens is 2. The lowest BCUT2D eigenvalue weighted by atomic mass is 10.0. The molecule has 1 unspecified atom stereocenters. The van der Waals surface area contributed by atoms with E-state index in [0.717, 1.165) is 32.0 Å². The highest BCUT2D eigenvalue weighted by molar-refractivity contribution is 5.71. The van der Waals surface area contributed by atoms with Crippen molar-refractivity contribution < 1.29 is 18.3 Å². The van der Waals surface area contributed by atoms with Gasteiger partial charge in [0, 0.05) is 18.2 Å². The van der Waals surface area contributed by atoms with Gasteiger partial charge in [-0.1, -0.05) is 0 Å². The summed E-state index contributed by atoms with van der Waals surface area (Å²) >= 11 is 0. The zero-order valence-corrected chi connectivity index (χ0v) is 14.6. The normalized spacial score (nSPS) is 18.7. The molecule has 3 rings (SSSR count). The third kappa shape index (κ3) is 4.07. The van der Waals surface area contributed by atoms with Crippen LogP contribution in [0.2, 0.25) is 0 Å². The smallest absolute Gasteiger partial charge is 0.416 e. The quantitative estimate of drug-likeness (QED) is 0.868. The van der Waals surface area contributed by atoms with Crippen molar-refractivity contribution in [3.05, 3.63) is 35.4 Å². The molecule has 1 aromatic carbocycles. The van der Waals surface area contributed by atoms with Crippen LogP contribution >= 0.6 is 0 Å². The van der Waals surface area contributed by atoms with E-state index in [1.807, 2.05) is 0 Å². The summed E-state index contributed by atoms with van der Waals surface area (Å²) in [6.45, 7) is 3.51. The first-order valence-electron chi connectivity index (χ1n) is 8.44. The molecule has 140 valence electrons. The summed E-state index contributed by atoms with van der Waals surface area (Å²) in [5.74, 6) is 0.152. The molecular weight excluding hydrogens is 345 g/mol. The minimum Gasteiger partial charge on any atom is -0.507 e. The number of nitrogens with one attached hydrogen (secondary N) is 1. The van der Waals surface area contributed by atoms with Crippen LogP contribution in [0.3, 0.4) is 0 Å². The van der Waals surface area contributed by atoms with Crippen molar-refractivity contribution in [2.75, 3.05) is 25.5 Å². The van der Waals surface area contributed by atoms with Crippen LogP contribution in [-0.4, -0.2) is 46.4 Å². The average Bonchev–Trinajstić information content (AvgIpc) is 2.55. The van der Waals surface area contributed by atoms with E-state index in [1.165, 1.54) is 6.92 Å². The number of phenolic OH excluding ortho intramolecular Hbond substituents is 1. The van der Waals surface area contributed by atoms with E-state index in [2.05, 4.69) is 27.5 Å². The SMILES string of the molecule is Cc1cc(C(F)(F)F)cc(O)c1-c1ccc(NC2CCCN(C)C2)nn1. The van der Waals surface area contributed by atoms with Gasteiger partial charge in [-0.2, -0.15) is 13.2 Å². The van der Waals surface area contributed by atoms with Crippen LogP contribution in [0.25, 0.3) is 11.3 Å². The van der Waals surface area contributed by atoms with Gasteiger partial charge in [-0.3, -0.25) is 0 Å². The molecule has 1 atom stereocenters. The number of benzene rings is 1. The fraction of sp³-hybridized carbons (Fsp3) is 0.444. The molecule has 2 heterocycles. The second-order valence-corrected chi connectivity index (χ2v) is 6.73. The van der Waals surface area contributed by atoms with Crippen molar-refractivity contribution in [3.63, 3.8) is 0 Å². The van der Waals surface area contributed by atoms with Crippen molar-refractivity contribution in [2.24, 2.45) is 0 Å². The number of halogens is 3. The lowest BCUT2D eigenvalue weighted by Gasteiger charge is -2.30. The van der Waals surface area contributed by atoms with Crippen molar-refractivity contribution in [1.82, 2.24) is 15.1 Å². The lowest BCUT2D eigenvalue weighted by molar-refractivity contribution is -0.137. The molecule has 5 nitrogen and oxygen atoms in total. The number of anilines is 1. The van der Waals surface area contributed by atoms with E-state index in [-0.39, 0.29) is 11.6 Å². The molecule has 1 aromatic heterocycles. The van der Waals surface area contributed by atoms with E-state index in [0.29, 0.717) is 23.1 Å². The molecule has 0 bridgehead atoms. The summed E-state index contributed by atoms with van der Waals surface area (Å²) < 4.78 is 38.5. The topological polar surface area (TPSA) is 61.3 Å². The van der Waals surface area contributed by atoms with Gasteiger partial charge in [-0.05, 0) is 63.2 Å². The number of likely N-dealkylation sites (tertiary alicyclic amines) is 1. The largest absolute Gasteiger partial charge is 0.507 e. The molecule has 0 spiro atoms. The molecule has 0 aliphatic carbocycles. The molecule has 1 aliphatic heterocycles. The minimum atomic E-state index is -4.51. The number of rotatable bonds is 3. The van der Waals surface area contributed by atoms with Gasteiger partial charge in [0.15, 0.2) is 0 Å². The van der Waals surface area contributed by atoms with Crippen molar-refractivity contribution in [2.45, 2.75) is 32.0 Å². The molecule has 2 aromatic rings. The first-order valence-corrected chi connectivity index (χ1v) is 8.44. The predicted molar refractivity (Wildman–Crippen MR) is 93.0 cm³/mol. The van der Waals surface area contributed by atoms with Crippen molar-refractivity contribution in [3.8, 4) is 17.0 Å². The molecule has 0 amide bonds. The fourth-order valence-corrected chi connectivity index (χ4v) is 3.30. The summed E-state index contributed by atoms with van der Waals surface area (Å²) in [5, 5.41) is 21.6. The lowest BCUT2D eigenvalue weighted by Crippen LogP contribution is -2.39. The van der Waals surface area contributed by atoms with E-state index in [4.69, 9.17) is 0 Å². The molecule has 1 saturated heterocycles. The van der Waals surface area contributed by atoms with Crippen LogP contribution in [0.1, 0.15) is 24.0 Å². The van der Waals surface area contributed by atoms with E-state index in [1.54, 1.807) is 12.1 Å². The number of hydrogen-bond acceptors (Lipinski definition) is 5. The summed E-state index contributed by atoms with van der Waals surface area (Å²) in [5.41, 5.74) is -0.000333. The third-order valence-corrected chi connectivity index (χ3v) is 4.54. The van der Waals surface area contributed by atoms with Crippen LogP contribution in [0, 0.1) is 6.92 Å². The molecule has 1 aliphatic rings. The Morgan fingerprint density at radius 1 is 1.23 bits per heavy atom. The van der Waals surface area contributed by atoms with Gasteiger partial charge in [-0.15, -0.1) is 10.2 Å². The monoisotopic (exact) mass is 366 g/mol. The number of piperidine rings is 1. The Hall–Kier alpha value is -2.35. The Morgan fingerprint density at radius 2 is 2.00 bits per heavy atom. The van der Waals surface area contributed by atoms with Crippen LogP contribution in [0.15, 0.2) is 24.3 Å². The van der Waals surface area contributed by atoms with Gasteiger partial charge >= 0.3 is 6.18 Å². The van der Waals surface area contributed by atoms with Crippen molar-refractivity contribution in [1.29, 1.82) is 0 Å². The van der Waals surface area contributed by atoms with Crippen LogP contribution in [0.5, 0.6) is 5.75 Å². The molecule has 2 N–H and O–H groups in total. The van der Waals surface area contributed by atoms with E-state index >= 15 is 0 Å². The van der Waals surface area contributed by atoms with Crippen molar-refractivity contribution >= 4 is 5.82 Å². The first-order chi connectivity index (χ1) is 12.2. The number of alkyl halides is 3. The Labute approximate surface area is 149 Å². The van der Waals surface area contributed by atoms with E-state index < -0.39 is 17.5 Å². The number of nitrogens with zero attached hydrogens (tertiary/aromatic N) is 3. The van der Waals surface area contributed by atoms with Crippen LogP contribution in [-0.2, 0) is 6.18 Å². The summed E-state index contributed by atoms with van der Waals surface area (Å²) in [6.07, 6.45) is -2.35. The minimum absolute atomic E-state index is 0.259. The molecule has 26 heavy (non-hydrogen) atoms. The number of likely N-dealkylation sites (N-methyl/N-ethyl adjacent to an activating group) is 1. The molecule has 0 radical (unpaired) electrons. The van der Waals surface area contributed by atoms with Gasteiger partial charge in [-0.25, -0.2) is 0 Å². The number of hydrogen-bond donors (Lipinski definition) is 2. The van der Waals surface area contributed by atoms with Gasteiger partial charge in [0.2, 0.25) is 0 Å². The number of phenols is 1. The second-order valence-electron chi connectivity index (χ2n) is 6.73. The zero-order valence-electron chi connectivity index (χ0n) is 14.6. The molecule has 0 saturated carbocycles. The van der Waals surface area contributed by atoms with Gasteiger partial charge in [0.05, 0.1) is 11.3 Å². The Balaban J connectivity index is 1.80. The zero-order chi connectivity index (χ0) is 18.9. The molecule has 8 heteroatoms. The highest BCUT2D eigenvalue weighted by atomic mass is 19.4. The maximum atomic E-state index is 12.8. The van der Waals surface area contributed by atoms with Crippen LogP contribution < -0.4 is 5.32 Å². The maximum Gasteiger partial charge on any atom is 0.416 e. The highest BCUT2D eigenvalue weighted by Crippen LogP contribution is 2.38. The number of aromatic hydroxyl groups is 1. The van der Waals surface area contributed by atoms with Gasteiger partial charge < -0.3 is 15.3 Å². The standard InChI is InChI=1S/C18H21F3N4O/c1-11-8-12(18(19,20)21)9-15(26)17(11)14-5-6-16(24-23-14)22-13-4-3-7-25(2)10-13/h5-6,8-9,13,26H,3-4,7,10H2,1-2H3,(H,22,24). The molecular formula is C18H21F3N4O. The Kier molecular flexibility index (Phi) is 5.04. The first kappa shape index (κ1) is 18.4. The number of aryl methyl sites for hydroxylation is 1. The Bertz CT molecular complexity index is 754. The van der Waals surface area contributed by atoms with Gasteiger partial charge in [0.25, 0.3) is 0 Å². The highest BCUT2D eigenvalue weighted by Gasteiger charge is 2.32. The summed E-state index contributed by atoms with van der Waals surface area (Å²) in [7, 11) is 2.07. The maximum absolute atomic E-state index is 12.8. The van der Waals surface area contributed by atoms with Crippen LogP contribution in [0.4, 0.5) is 19.0 Å². The summed E-state index contributed by atoms with van der Waals surface area (Å²) in [4.78, 5) is 2.24. The molecule has 1 fully saturated rings. The second kappa shape index (κ2) is 7.11.